The van der Waals surface area contributed by atoms with Crippen molar-refractivity contribution < 1.29 is 4.52 Å². The second kappa shape index (κ2) is 6.72. The Labute approximate surface area is 120 Å². The highest BCUT2D eigenvalue weighted by Crippen LogP contribution is 2.20. The highest BCUT2D eigenvalue weighted by atomic mass is 16.5. The van der Waals surface area contributed by atoms with Crippen LogP contribution in [0.2, 0.25) is 0 Å². The zero-order valence-corrected chi connectivity index (χ0v) is 12.9. The van der Waals surface area contributed by atoms with Crippen molar-refractivity contribution in [2.75, 3.05) is 19.6 Å². The molecule has 0 radical (unpaired) electrons. The van der Waals surface area contributed by atoms with Crippen LogP contribution in [-0.2, 0) is 6.54 Å². The van der Waals surface area contributed by atoms with E-state index in [1.54, 1.807) is 6.92 Å². The second-order valence-corrected chi connectivity index (χ2v) is 5.75. The largest absolute Gasteiger partial charge is 0.357 e. The normalized spacial score (nSPS) is 24.0. The first kappa shape index (κ1) is 14.8. The van der Waals surface area contributed by atoms with Crippen molar-refractivity contribution in [3.63, 3.8) is 0 Å². The minimum Gasteiger partial charge on any atom is -0.357 e. The Morgan fingerprint density at radius 3 is 2.65 bits per heavy atom. The van der Waals surface area contributed by atoms with Crippen LogP contribution in [0.5, 0.6) is 0 Å². The average Bonchev–Trinajstić information content (AvgIpc) is 2.79. The molecule has 2 rings (SSSR count). The molecule has 2 heterocycles. The van der Waals surface area contributed by atoms with E-state index in [1.807, 2.05) is 0 Å². The van der Waals surface area contributed by atoms with Crippen molar-refractivity contribution >= 4 is 5.96 Å². The standard InChI is InChI=1S/C14H25N5O/c1-5-15-14(16-7-13-17-12(4)20-18-13)19-8-10(2)6-11(3)9-19/h10-11H,5-9H2,1-4H3,(H,15,16). The van der Waals surface area contributed by atoms with Gasteiger partial charge in [0.15, 0.2) is 11.8 Å². The molecule has 1 fully saturated rings. The monoisotopic (exact) mass is 279 g/mol. The first-order chi connectivity index (χ1) is 9.58. The topological polar surface area (TPSA) is 66.5 Å². The molecule has 112 valence electrons. The quantitative estimate of drug-likeness (QED) is 0.675. The van der Waals surface area contributed by atoms with E-state index >= 15 is 0 Å². The summed E-state index contributed by atoms with van der Waals surface area (Å²) in [5.41, 5.74) is 0. The van der Waals surface area contributed by atoms with E-state index < -0.39 is 0 Å². The number of likely N-dealkylation sites (tertiary alicyclic amines) is 1. The van der Waals surface area contributed by atoms with Gasteiger partial charge in [0.25, 0.3) is 0 Å². The van der Waals surface area contributed by atoms with E-state index in [0.717, 1.165) is 25.6 Å². The van der Waals surface area contributed by atoms with Gasteiger partial charge in [-0.3, -0.25) is 0 Å². The SMILES string of the molecule is CCNC(=NCc1noc(C)n1)N1CC(C)CC(C)C1. The van der Waals surface area contributed by atoms with Crippen LogP contribution in [0, 0.1) is 18.8 Å². The average molecular weight is 279 g/mol. The molecule has 6 nitrogen and oxygen atoms in total. The Morgan fingerprint density at radius 2 is 2.10 bits per heavy atom. The van der Waals surface area contributed by atoms with Gasteiger partial charge in [-0.2, -0.15) is 4.98 Å². The van der Waals surface area contributed by atoms with Crippen molar-refractivity contribution in [3.8, 4) is 0 Å². The molecule has 0 spiro atoms. The summed E-state index contributed by atoms with van der Waals surface area (Å²) in [5, 5.41) is 7.24. The van der Waals surface area contributed by atoms with E-state index in [1.165, 1.54) is 6.42 Å². The van der Waals surface area contributed by atoms with E-state index in [4.69, 9.17) is 4.52 Å². The third-order valence-electron chi connectivity index (χ3n) is 3.44. The van der Waals surface area contributed by atoms with E-state index in [2.05, 4.69) is 46.1 Å². The lowest BCUT2D eigenvalue weighted by molar-refractivity contribution is 0.208. The summed E-state index contributed by atoms with van der Waals surface area (Å²) in [4.78, 5) is 11.2. The van der Waals surface area contributed by atoms with Crippen LogP contribution < -0.4 is 5.32 Å². The number of nitrogens with zero attached hydrogens (tertiary/aromatic N) is 4. The van der Waals surface area contributed by atoms with Gasteiger partial charge in [-0.1, -0.05) is 19.0 Å². The second-order valence-electron chi connectivity index (χ2n) is 5.75. The van der Waals surface area contributed by atoms with Gasteiger partial charge in [-0.15, -0.1) is 0 Å². The Morgan fingerprint density at radius 1 is 1.40 bits per heavy atom. The van der Waals surface area contributed by atoms with Crippen molar-refractivity contribution in [2.24, 2.45) is 16.8 Å². The molecule has 0 aromatic carbocycles. The Balaban J connectivity index is 2.05. The summed E-state index contributed by atoms with van der Waals surface area (Å²) in [6.07, 6.45) is 1.29. The number of nitrogens with one attached hydrogen (secondary N) is 1. The molecule has 0 bridgehead atoms. The van der Waals surface area contributed by atoms with Gasteiger partial charge in [-0.05, 0) is 25.2 Å². The number of piperidine rings is 1. The molecule has 6 heteroatoms. The van der Waals surface area contributed by atoms with Crippen molar-refractivity contribution in [1.29, 1.82) is 0 Å². The summed E-state index contributed by atoms with van der Waals surface area (Å²) >= 11 is 0. The molecule has 2 unspecified atom stereocenters. The van der Waals surface area contributed by atoms with Gasteiger partial charge in [0.2, 0.25) is 5.89 Å². The molecule has 0 amide bonds. The summed E-state index contributed by atoms with van der Waals surface area (Å²) in [6, 6.07) is 0. The number of aromatic nitrogens is 2. The highest BCUT2D eigenvalue weighted by Gasteiger charge is 2.24. The zero-order chi connectivity index (χ0) is 14.5. The molecule has 1 saturated heterocycles. The number of rotatable bonds is 3. The van der Waals surface area contributed by atoms with Crippen molar-refractivity contribution in [2.45, 2.75) is 40.7 Å². The maximum Gasteiger partial charge on any atom is 0.223 e. The molecule has 20 heavy (non-hydrogen) atoms. The van der Waals surface area contributed by atoms with Crippen LogP contribution >= 0.6 is 0 Å². The van der Waals surface area contributed by atoms with E-state index in [9.17, 15) is 0 Å². The number of aliphatic imine (C=N–C) groups is 1. The van der Waals surface area contributed by atoms with Crippen LogP contribution in [-0.4, -0.2) is 40.6 Å². The summed E-state index contributed by atoms with van der Waals surface area (Å²) in [7, 11) is 0. The van der Waals surface area contributed by atoms with Crippen LogP contribution in [0.3, 0.4) is 0 Å². The maximum atomic E-state index is 4.97. The van der Waals surface area contributed by atoms with E-state index in [-0.39, 0.29) is 0 Å². The predicted molar refractivity (Wildman–Crippen MR) is 78.4 cm³/mol. The van der Waals surface area contributed by atoms with Gasteiger partial charge in [0.05, 0.1) is 0 Å². The lowest BCUT2D eigenvalue weighted by Crippen LogP contribution is -2.48. The lowest BCUT2D eigenvalue weighted by atomic mass is 9.92. The number of aryl methyl sites for hydroxylation is 1. The molecule has 0 aliphatic carbocycles. The molecule has 2 atom stereocenters. The zero-order valence-electron chi connectivity index (χ0n) is 12.9. The third-order valence-corrected chi connectivity index (χ3v) is 3.44. The van der Waals surface area contributed by atoms with Crippen molar-refractivity contribution in [3.05, 3.63) is 11.7 Å². The highest BCUT2D eigenvalue weighted by molar-refractivity contribution is 5.80. The van der Waals surface area contributed by atoms with E-state index in [0.29, 0.717) is 30.1 Å². The number of hydrogen-bond donors (Lipinski definition) is 1. The Hall–Kier alpha value is -1.59. The smallest absolute Gasteiger partial charge is 0.223 e. The first-order valence-electron chi connectivity index (χ1n) is 7.41. The molecular weight excluding hydrogens is 254 g/mol. The lowest BCUT2D eigenvalue weighted by Gasteiger charge is -2.37. The van der Waals surface area contributed by atoms with Gasteiger partial charge in [0.1, 0.15) is 6.54 Å². The fraction of sp³-hybridized carbons (Fsp3) is 0.786. The molecule has 1 aromatic rings. The van der Waals surface area contributed by atoms with Gasteiger partial charge < -0.3 is 14.7 Å². The Bertz CT molecular complexity index is 446. The molecule has 1 aliphatic rings. The minimum atomic E-state index is 0.457. The summed E-state index contributed by atoms with van der Waals surface area (Å²) in [6.45, 7) is 11.9. The van der Waals surface area contributed by atoms with Gasteiger partial charge >= 0.3 is 0 Å². The maximum absolute atomic E-state index is 4.97. The molecule has 1 aliphatic heterocycles. The van der Waals surface area contributed by atoms with Gasteiger partial charge in [0, 0.05) is 26.6 Å². The third kappa shape index (κ3) is 3.95. The fourth-order valence-corrected chi connectivity index (χ4v) is 2.81. The Kier molecular flexibility index (Phi) is 4.98. The molecule has 0 saturated carbocycles. The minimum absolute atomic E-state index is 0.457. The van der Waals surface area contributed by atoms with Gasteiger partial charge in [-0.25, -0.2) is 4.99 Å². The summed E-state index contributed by atoms with van der Waals surface area (Å²) in [5.74, 6) is 3.58. The summed E-state index contributed by atoms with van der Waals surface area (Å²) < 4.78 is 4.97. The van der Waals surface area contributed by atoms with Crippen LogP contribution in [0.4, 0.5) is 0 Å². The molecular formula is C14H25N5O. The van der Waals surface area contributed by atoms with Crippen LogP contribution in [0.1, 0.15) is 38.9 Å². The fourth-order valence-electron chi connectivity index (χ4n) is 2.81. The van der Waals surface area contributed by atoms with Crippen LogP contribution in [0.25, 0.3) is 0 Å². The molecule has 1 aromatic heterocycles. The van der Waals surface area contributed by atoms with Crippen LogP contribution in [0.15, 0.2) is 9.52 Å². The van der Waals surface area contributed by atoms with Crippen molar-refractivity contribution in [1.82, 2.24) is 20.4 Å². The number of hydrogen-bond acceptors (Lipinski definition) is 4. The predicted octanol–water partition coefficient (Wildman–Crippen LogP) is 1.82. The number of guanidine groups is 1. The molecule has 1 N–H and O–H groups in total. The first-order valence-corrected chi connectivity index (χ1v) is 7.41.